The first-order chi connectivity index (χ1) is 7.97. The Hall–Kier alpha value is -1.89. The number of halogens is 1. The molecule has 1 aliphatic rings. The van der Waals surface area contributed by atoms with Crippen LogP contribution in [-0.4, -0.2) is 20.9 Å². The van der Waals surface area contributed by atoms with Gasteiger partial charge in [0.05, 0.1) is 0 Å². The summed E-state index contributed by atoms with van der Waals surface area (Å²) in [6.45, 7) is -0.182. The van der Waals surface area contributed by atoms with Crippen molar-refractivity contribution in [1.82, 2.24) is 0 Å². The van der Waals surface area contributed by atoms with E-state index in [0.29, 0.717) is 5.75 Å². The summed E-state index contributed by atoms with van der Waals surface area (Å²) in [5.41, 5.74) is 5.28. The van der Waals surface area contributed by atoms with Crippen LogP contribution in [0.15, 0.2) is 39.6 Å². The van der Waals surface area contributed by atoms with E-state index in [0.717, 1.165) is 0 Å². The van der Waals surface area contributed by atoms with Crippen molar-refractivity contribution in [2.75, 3.05) is 6.61 Å². The van der Waals surface area contributed by atoms with Gasteiger partial charge in [0, 0.05) is 6.08 Å². The quantitative estimate of drug-likeness (QED) is 0.866. The molecule has 90 valence electrons. The van der Waals surface area contributed by atoms with Crippen LogP contribution in [0.3, 0.4) is 0 Å². The molecule has 0 bridgehead atoms. The van der Waals surface area contributed by atoms with Crippen LogP contribution < -0.4 is 10.5 Å². The Kier molecular flexibility index (Phi) is 2.84. The van der Waals surface area contributed by atoms with Crippen LogP contribution >= 0.6 is 0 Å². The molecule has 1 aromatic rings. The molecule has 5 nitrogen and oxygen atoms in total. The third-order valence-electron chi connectivity index (χ3n) is 2.06. The van der Waals surface area contributed by atoms with Gasteiger partial charge in [-0.3, -0.25) is 0 Å². The SMILES string of the molecule is NC1=NS(=O)(=O)C(COc2ccc(F)cc2)=C1. The molecule has 0 radical (unpaired) electrons. The smallest absolute Gasteiger partial charge is 0.283 e. The normalized spacial score (nSPS) is 17.5. The first-order valence-electron chi connectivity index (χ1n) is 4.67. The Labute approximate surface area is 97.5 Å². The molecule has 0 unspecified atom stereocenters. The fraction of sp³-hybridized carbons (Fsp3) is 0.100. The van der Waals surface area contributed by atoms with Crippen LogP contribution in [0.1, 0.15) is 0 Å². The van der Waals surface area contributed by atoms with Crippen molar-refractivity contribution in [2.24, 2.45) is 10.1 Å². The van der Waals surface area contributed by atoms with E-state index in [4.69, 9.17) is 10.5 Å². The molecule has 2 rings (SSSR count). The number of benzene rings is 1. The maximum absolute atomic E-state index is 12.6. The maximum Gasteiger partial charge on any atom is 0.283 e. The number of rotatable bonds is 3. The standard InChI is InChI=1S/C10H9FN2O3S/c11-7-1-3-8(4-2-7)16-6-9-5-10(12)13-17(9,14)15/h1-5H,6H2,(H2,12,13). The van der Waals surface area contributed by atoms with Gasteiger partial charge in [-0.25, -0.2) is 4.39 Å². The summed E-state index contributed by atoms with van der Waals surface area (Å²) in [6.07, 6.45) is 1.23. The van der Waals surface area contributed by atoms with Crippen molar-refractivity contribution >= 4 is 15.9 Å². The predicted molar refractivity (Wildman–Crippen MR) is 60.5 cm³/mol. The van der Waals surface area contributed by atoms with E-state index < -0.39 is 15.8 Å². The summed E-state index contributed by atoms with van der Waals surface area (Å²) in [6, 6.07) is 5.25. The highest BCUT2D eigenvalue weighted by atomic mass is 32.2. The van der Waals surface area contributed by atoms with E-state index in [9.17, 15) is 12.8 Å². The second-order valence-corrected chi connectivity index (χ2v) is 5.00. The van der Waals surface area contributed by atoms with Gasteiger partial charge < -0.3 is 10.5 Å². The summed E-state index contributed by atoms with van der Waals surface area (Å²) < 4.78 is 43.8. The van der Waals surface area contributed by atoms with Crippen molar-refractivity contribution in [3.63, 3.8) is 0 Å². The van der Waals surface area contributed by atoms with Gasteiger partial charge in [-0.15, -0.1) is 4.40 Å². The maximum atomic E-state index is 12.6. The fourth-order valence-corrected chi connectivity index (χ4v) is 2.19. The van der Waals surface area contributed by atoms with E-state index >= 15 is 0 Å². The number of sulfonamides is 1. The van der Waals surface area contributed by atoms with Crippen molar-refractivity contribution in [3.8, 4) is 5.75 Å². The van der Waals surface area contributed by atoms with Crippen molar-refractivity contribution in [3.05, 3.63) is 41.1 Å². The molecule has 0 fully saturated rings. The number of hydrogen-bond donors (Lipinski definition) is 1. The Morgan fingerprint density at radius 3 is 2.47 bits per heavy atom. The van der Waals surface area contributed by atoms with Crippen molar-refractivity contribution in [1.29, 1.82) is 0 Å². The van der Waals surface area contributed by atoms with Crippen molar-refractivity contribution in [2.45, 2.75) is 0 Å². The molecule has 0 amide bonds. The highest BCUT2D eigenvalue weighted by Gasteiger charge is 2.23. The zero-order chi connectivity index (χ0) is 12.5. The summed E-state index contributed by atoms with van der Waals surface area (Å²) in [5.74, 6) is -0.0895. The molecular formula is C10H9FN2O3S. The van der Waals surface area contributed by atoms with E-state index in [2.05, 4.69) is 4.40 Å². The molecule has 1 aromatic carbocycles. The summed E-state index contributed by atoms with van der Waals surface area (Å²) in [4.78, 5) is -0.0145. The van der Waals surface area contributed by atoms with E-state index in [1.165, 1.54) is 30.3 Å². The second kappa shape index (κ2) is 4.17. The van der Waals surface area contributed by atoms with Crippen molar-refractivity contribution < 1.29 is 17.5 Å². The Morgan fingerprint density at radius 1 is 1.29 bits per heavy atom. The van der Waals surface area contributed by atoms with Crippen LogP contribution in [0.4, 0.5) is 4.39 Å². The summed E-state index contributed by atoms with van der Waals surface area (Å²) >= 11 is 0. The highest BCUT2D eigenvalue weighted by molar-refractivity contribution is 7.94. The van der Waals surface area contributed by atoms with Gasteiger partial charge in [-0.1, -0.05) is 0 Å². The van der Waals surface area contributed by atoms with Gasteiger partial charge in [0.15, 0.2) is 0 Å². The topological polar surface area (TPSA) is 81.8 Å². The third kappa shape index (κ3) is 2.62. The number of nitrogens with zero attached hydrogens (tertiary/aromatic N) is 1. The van der Waals surface area contributed by atoms with Crippen LogP contribution in [0.5, 0.6) is 5.75 Å². The van der Waals surface area contributed by atoms with Gasteiger partial charge >= 0.3 is 0 Å². The van der Waals surface area contributed by atoms with Crippen LogP contribution in [0, 0.1) is 5.82 Å². The van der Waals surface area contributed by atoms with Crippen LogP contribution in [0.25, 0.3) is 0 Å². The molecule has 0 saturated carbocycles. The minimum atomic E-state index is -3.69. The van der Waals surface area contributed by atoms with E-state index in [1.807, 2.05) is 0 Å². The summed E-state index contributed by atoms with van der Waals surface area (Å²) in [7, 11) is -3.69. The summed E-state index contributed by atoms with van der Waals surface area (Å²) in [5, 5.41) is 0. The molecule has 1 aliphatic heterocycles. The molecule has 7 heteroatoms. The number of amidine groups is 1. The molecule has 2 N–H and O–H groups in total. The largest absolute Gasteiger partial charge is 0.488 e. The molecule has 0 aromatic heterocycles. The van der Waals surface area contributed by atoms with Gasteiger partial charge in [-0.05, 0) is 24.3 Å². The third-order valence-corrected chi connectivity index (χ3v) is 3.41. The van der Waals surface area contributed by atoms with Crippen LogP contribution in [0.2, 0.25) is 0 Å². The number of nitrogens with two attached hydrogens (primary N) is 1. The van der Waals surface area contributed by atoms with Crippen LogP contribution in [-0.2, 0) is 10.0 Å². The Bertz CT molecular complexity index is 590. The minimum Gasteiger partial charge on any atom is -0.488 e. The molecule has 0 atom stereocenters. The Balaban J connectivity index is 2.05. The zero-order valence-electron chi connectivity index (χ0n) is 8.63. The minimum absolute atomic E-state index is 0.0145. The number of ether oxygens (including phenoxy) is 1. The van der Waals surface area contributed by atoms with Gasteiger partial charge in [0.1, 0.15) is 28.9 Å². The molecular weight excluding hydrogens is 247 g/mol. The molecule has 17 heavy (non-hydrogen) atoms. The van der Waals surface area contributed by atoms with Gasteiger partial charge in [-0.2, -0.15) is 8.42 Å². The van der Waals surface area contributed by atoms with Gasteiger partial charge in [0.2, 0.25) is 0 Å². The average molecular weight is 256 g/mol. The first-order valence-corrected chi connectivity index (χ1v) is 6.11. The lowest BCUT2D eigenvalue weighted by atomic mass is 10.3. The molecule has 0 spiro atoms. The lowest BCUT2D eigenvalue weighted by Crippen LogP contribution is -2.07. The lowest BCUT2D eigenvalue weighted by Gasteiger charge is -2.05. The molecule has 0 saturated heterocycles. The Morgan fingerprint density at radius 2 is 1.94 bits per heavy atom. The zero-order valence-corrected chi connectivity index (χ0v) is 9.45. The fourth-order valence-electron chi connectivity index (χ4n) is 1.26. The average Bonchev–Trinajstić information content (AvgIpc) is 2.51. The second-order valence-electron chi connectivity index (χ2n) is 3.34. The van der Waals surface area contributed by atoms with E-state index in [1.54, 1.807) is 0 Å². The highest BCUT2D eigenvalue weighted by Crippen LogP contribution is 2.18. The van der Waals surface area contributed by atoms with Gasteiger partial charge in [0.25, 0.3) is 10.0 Å². The molecule has 0 aliphatic carbocycles. The lowest BCUT2D eigenvalue weighted by molar-refractivity contribution is 0.357. The number of hydrogen-bond acceptors (Lipinski definition) is 4. The first kappa shape index (κ1) is 11.6. The monoisotopic (exact) mass is 256 g/mol. The molecule has 1 heterocycles. The van der Waals surface area contributed by atoms with E-state index in [-0.39, 0.29) is 17.3 Å². The predicted octanol–water partition coefficient (Wildman–Crippen LogP) is 0.789.